The Morgan fingerprint density at radius 1 is 1.29 bits per heavy atom. The van der Waals surface area contributed by atoms with Crippen LogP contribution >= 0.6 is 23.4 Å². The van der Waals surface area contributed by atoms with Gasteiger partial charge in [-0.1, -0.05) is 25.4 Å². The molecule has 0 amide bonds. The summed E-state index contributed by atoms with van der Waals surface area (Å²) in [6.07, 6.45) is 5.23. The average Bonchev–Trinajstić information content (AvgIpc) is 2.94. The number of hydrogen-bond donors (Lipinski definition) is 1. The van der Waals surface area contributed by atoms with Gasteiger partial charge in [-0.15, -0.1) is 11.8 Å². The van der Waals surface area contributed by atoms with Crippen LogP contribution in [0.2, 0.25) is 5.02 Å². The Hall–Kier alpha value is -0.970. The van der Waals surface area contributed by atoms with Crippen LogP contribution in [0.15, 0.2) is 41.6 Å². The highest BCUT2D eigenvalue weighted by Gasteiger charge is 2.13. The van der Waals surface area contributed by atoms with Gasteiger partial charge < -0.3 is 5.32 Å². The SMILES string of the molecule is CCCn1cc(C(CSc2ccc(Cl)cc2)NCC)cn1. The molecular weight excluding hydrogens is 302 g/mol. The Morgan fingerprint density at radius 2 is 2.05 bits per heavy atom. The van der Waals surface area contributed by atoms with E-state index in [9.17, 15) is 0 Å². The minimum absolute atomic E-state index is 0.321. The predicted molar refractivity (Wildman–Crippen MR) is 91.1 cm³/mol. The molecule has 1 aromatic heterocycles. The molecular formula is C16H22ClN3S. The summed E-state index contributed by atoms with van der Waals surface area (Å²) in [5, 5.41) is 8.74. The van der Waals surface area contributed by atoms with Crippen molar-refractivity contribution < 1.29 is 0 Å². The lowest BCUT2D eigenvalue weighted by Crippen LogP contribution is -2.22. The molecule has 3 nitrogen and oxygen atoms in total. The molecule has 0 saturated carbocycles. The molecule has 114 valence electrons. The molecule has 0 spiro atoms. The maximum atomic E-state index is 5.92. The summed E-state index contributed by atoms with van der Waals surface area (Å²) >= 11 is 7.76. The third kappa shape index (κ3) is 5.06. The van der Waals surface area contributed by atoms with Gasteiger partial charge >= 0.3 is 0 Å². The molecule has 0 saturated heterocycles. The van der Waals surface area contributed by atoms with Crippen LogP contribution in [0.4, 0.5) is 0 Å². The molecule has 2 rings (SSSR count). The maximum Gasteiger partial charge on any atom is 0.0537 e. The van der Waals surface area contributed by atoms with Crippen molar-refractivity contribution in [2.75, 3.05) is 12.3 Å². The van der Waals surface area contributed by atoms with E-state index in [4.69, 9.17) is 11.6 Å². The lowest BCUT2D eigenvalue weighted by atomic mass is 10.2. The molecule has 0 radical (unpaired) electrons. The second-order valence-corrected chi connectivity index (χ2v) is 6.44. The van der Waals surface area contributed by atoms with Crippen LogP contribution in [0, 0.1) is 0 Å². The van der Waals surface area contributed by atoms with Gasteiger partial charge in [0.1, 0.15) is 0 Å². The fourth-order valence-electron chi connectivity index (χ4n) is 2.14. The van der Waals surface area contributed by atoms with Crippen LogP contribution in [-0.4, -0.2) is 22.1 Å². The van der Waals surface area contributed by atoms with Crippen LogP contribution < -0.4 is 5.32 Å². The van der Waals surface area contributed by atoms with E-state index >= 15 is 0 Å². The summed E-state index contributed by atoms with van der Waals surface area (Å²) in [6, 6.07) is 8.32. The summed E-state index contributed by atoms with van der Waals surface area (Å²) in [7, 11) is 0. The molecule has 2 aromatic rings. The van der Waals surface area contributed by atoms with Gasteiger partial charge in [-0.25, -0.2) is 0 Å². The summed E-state index contributed by atoms with van der Waals surface area (Å²) in [4.78, 5) is 1.24. The van der Waals surface area contributed by atoms with Gasteiger partial charge in [-0.2, -0.15) is 5.10 Å². The first-order valence-corrected chi connectivity index (χ1v) is 8.73. The number of benzene rings is 1. The molecule has 1 heterocycles. The quantitative estimate of drug-likeness (QED) is 0.731. The van der Waals surface area contributed by atoms with Crippen molar-refractivity contribution in [3.8, 4) is 0 Å². The van der Waals surface area contributed by atoms with Crippen LogP contribution in [0.25, 0.3) is 0 Å². The average molecular weight is 324 g/mol. The summed E-state index contributed by atoms with van der Waals surface area (Å²) in [6.45, 7) is 6.23. The highest BCUT2D eigenvalue weighted by molar-refractivity contribution is 7.99. The number of nitrogens with one attached hydrogen (secondary N) is 1. The van der Waals surface area contributed by atoms with Crippen molar-refractivity contribution in [1.29, 1.82) is 0 Å². The van der Waals surface area contributed by atoms with E-state index in [0.717, 1.165) is 30.3 Å². The van der Waals surface area contributed by atoms with Crippen molar-refractivity contribution in [3.63, 3.8) is 0 Å². The van der Waals surface area contributed by atoms with E-state index in [1.165, 1.54) is 10.5 Å². The fraction of sp³-hybridized carbons (Fsp3) is 0.438. The molecule has 1 aromatic carbocycles. The Balaban J connectivity index is 1.99. The third-order valence-electron chi connectivity index (χ3n) is 3.19. The van der Waals surface area contributed by atoms with E-state index in [1.54, 1.807) is 0 Å². The van der Waals surface area contributed by atoms with Crippen LogP contribution in [0.3, 0.4) is 0 Å². The largest absolute Gasteiger partial charge is 0.309 e. The van der Waals surface area contributed by atoms with Gasteiger partial charge in [0.25, 0.3) is 0 Å². The summed E-state index contributed by atoms with van der Waals surface area (Å²) in [5.74, 6) is 0.979. The number of aromatic nitrogens is 2. The van der Waals surface area contributed by atoms with Crippen molar-refractivity contribution >= 4 is 23.4 Å². The number of halogens is 1. The zero-order valence-electron chi connectivity index (χ0n) is 12.6. The number of thioether (sulfide) groups is 1. The van der Waals surface area contributed by atoms with Crippen LogP contribution in [0.1, 0.15) is 31.9 Å². The van der Waals surface area contributed by atoms with Crippen LogP contribution in [0.5, 0.6) is 0 Å². The molecule has 1 atom stereocenters. The monoisotopic (exact) mass is 323 g/mol. The number of aryl methyl sites for hydroxylation is 1. The minimum atomic E-state index is 0.321. The summed E-state index contributed by atoms with van der Waals surface area (Å²) in [5.41, 5.74) is 1.26. The Kier molecular flexibility index (Phi) is 6.61. The second kappa shape index (κ2) is 8.47. The van der Waals surface area contributed by atoms with Crippen molar-refractivity contribution in [2.45, 2.75) is 37.8 Å². The first kappa shape index (κ1) is 16.4. The lowest BCUT2D eigenvalue weighted by molar-refractivity contribution is 0.590. The fourth-order valence-corrected chi connectivity index (χ4v) is 3.26. The van der Waals surface area contributed by atoms with Crippen molar-refractivity contribution in [3.05, 3.63) is 47.2 Å². The van der Waals surface area contributed by atoms with Crippen molar-refractivity contribution in [2.24, 2.45) is 0 Å². The van der Waals surface area contributed by atoms with Gasteiger partial charge in [0.15, 0.2) is 0 Å². The highest BCUT2D eigenvalue weighted by Crippen LogP contribution is 2.25. The molecule has 0 aliphatic carbocycles. The first-order valence-electron chi connectivity index (χ1n) is 7.37. The van der Waals surface area contributed by atoms with Gasteiger partial charge in [0.05, 0.1) is 6.20 Å². The smallest absolute Gasteiger partial charge is 0.0537 e. The molecule has 0 aliphatic rings. The predicted octanol–water partition coefficient (Wildman–Crippen LogP) is 4.39. The first-order chi connectivity index (χ1) is 10.2. The zero-order valence-corrected chi connectivity index (χ0v) is 14.1. The maximum absolute atomic E-state index is 5.92. The molecule has 0 fully saturated rings. The lowest BCUT2D eigenvalue weighted by Gasteiger charge is -2.16. The minimum Gasteiger partial charge on any atom is -0.309 e. The van der Waals surface area contributed by atoms with E-state index in [0.29, 0.717) is 6.04 Å². The zero-order chi connectivity index (χ0) is 15.1. The van der Waals surface area contributed by atoms with Crippen molar-refractivity contribution in [1.82, 2.24) is 15.1 Å². The molecule has 1 unspecified atom stereocenters. The van der Waals surface area contributed by atoms with E-state index in [1.807, 2.05) is 34.8 Å². The Morgan fingerprint density at radius 3 is 2.71 bits per heavy atom. The molecule has 0 aliphatic heterocycles. The Bertz CT molecular complexity index is 539. The number of rotatable bonds is 8. The van der Waals surface area contributed by atoms with Gasteiger partial charge in [-0.3, -0.25) is 4.68 Å². The highest BCUT2D eigenvalue weighted by atomic mass is 35.5. The number of hydrogen-bond acceptors (Lipinski definition) is 3. The third-order valence-corrected chi connectivity index (χ3v) is 4.55. The van der Waals surface area contributed by atoms with Gasteiger partial charge in [-0.05, 0) is 37.2 Å². The van der Waals surface area contributed by atoms with E-state index in [-0.39, 0.29) is 0 Å². The normalized spacial score (nSPS) is 12.5. The topological polar surface area (TPSA) is 29.9 Å². The number of nitrogens with zero attached hydrogens (tertiary/aromatic N) is 2. The van der Waals surface area contributed by atoms with Crippen LogP contribution in [-0.2, 0) is 6.54 Å². The standard InChI is InChI=1S/C16H22ClN3S/c1-3-9-20-11-13(10-19-20)16(18-4-2)12-21-15-7-5-14(17)6-8-15/h5-8,10-11,16,18H,3-4,9,12H2,1-2H3. The molecule has 1 N–H and O–H groups in total. The second-order valence-electron chi connectivity index (χ2n) is 4.91. The summed E-state index contributed by atoms with van der Waals surface area (Å²) < 4.78 is 2.02. The Labute approximate surface area is 136 Å². The van der Waals surface area contributed by atoms with Gasteiger partial charge in [0, 0.05) is 40.0 Å². The van der Waals surface area contributed by atoms with Gasteiger partial charge in [0.2, 0.25) is 0 Å². The molecule has 21 heavy (non-hydrogen) atoms. The van der Waals surface area contributed by atoms with E-state index < -0.39 is 0 Å². The van der Waals surface area contributed by atoms with E-state index in [2.05, 4.69) is 42.6 Å². The molecule has 5 heteroatoms. The molecule has 0 bridgehead atoms.